The summed E-state index contributed by atoms with van der Waals surface area (Å²) in [5.74, 6) is 0.366. The molecule has 0 saturated carbocycles. The van der Waals surface area contributed by atoms with Crippen molar-refractivity contribution in [3.63, 3.8) is 0 Å². The number of nitrogens with one attached hydrogen (secondary N) is 3. The lowest BCUT2D eigenvalue weighted by atomic mass is 10.2. The van der Waals surface area contributed by atoms with Gasteiger partial charge in [-0.25, -0.2) is 18.0 Å². The Hall–Kier alpha value is -3.85. The van der Waals surface area contributed by atoms with Crippen LogP contribution in [0.2, 0.25) is 0 Å². The van der Waals surface area contributed by atoms with Gasteiger partial charge in [0.2, 0.25) is 0 Å². The minimum atomic E-state index is -2.50. The maximum atomic E-state index is 12.2. The van der Waals surface area contributed by atoms with Crippen LogP contribution in [0.25, 0.3) is 0 Å². The largest absolute Gasteiger partial charge is 0.417 e. The molecular weight excluding hydrogens is 406 g/mol. The maximum absolute atomic E-state index is 12.2. The van der Waals surface area contributed by atoms with E-state index in [1.165, 1.54) is 0 Å². The highest BCUT2D eigenvalue weighted by molar-refractivity contribution is 7.71. The van der Waals surface area contributed by atoms with Crippen LogP contribution in [0.15, 0.2) is 78.9 Å². The standard InChI is InChI=1S/C21H19N3O5S/c25-20(22-16-11-9-15(10-12-16)14-30(27)28)23-17-5-4-6-18(13-17)24-21(26)29-19-7-2-1-3-8-19/h1-13,30H,14H2,(H,24,26)(H2,22,23,25). The zero-order valence-corrected chi connectivity index (χ0v) is 16.6. The second kappa shape index (κ2) is 10.1. The number of para-hydroxylation sites is 1. The lowest BCUT2D eigenvalue weighted by Gasteiger charge is -2.10. The number of urea groups is 1. The molecule has 0 aliphatic rings. The van der Waals surface area contributed by atoms with Crippen molar-refractivity contribution in [2.45, 2.75) is 5.75 Å². The van der Waals surface area contributed by atoms with Crippen LogP contribution >= 0.6 is 0 Å². The van der Waals surface area contributed by atoms with Crippen LogP contribution in [-0.4, -0.2) is 20.5 Å². The van der Waals surface area contributed by atoms with Crippen LogP contribution < -0.4 is 20.7 Å². The van der Waals surface area contributed by atoms with Gasteiger partial charge in [-0.2, -0.15) is 0 Å². The van der Waals surface area contributed by atoms with Crippen molar-refractivity contribution >= 4 is 39.9 Å². The molecule has 0 spiro atoms. The molecule has 0 heterocycles. The molecule has 3 N–H and O–H groups in total. The first-order chi connectivity index (χ1) is 14.5. The molecule has 0 aromatic heterocycles. The molecule has 0 aliphatic carbocycles. The quantitative estimate of drug-likeness (QED) is 0.445. The van der Waals surface area contributed by atoms with Gasteiger partial charge in [0, 0.05) is 17.1 Å². The molecular formula is C21H19N3O5S. The fraction of sp³-hybridized carbons (Fsp3) is 0.0476. The molecule has 0 aliphatic heterocycles. The Morgan fingerprint density at radius 1 is 0.733 bits per heavy atom. The van der Waals surface area contributed by atoms with Crippen LogP contribution in [0.1, 0.15) is 5.56 Å². The van der Waals surface area contributed by atoms with E-state index in [9.17, 15) is 18.0 Å². The number of thiol groups is 1. The van der Waals surface area contributed by atoms with E-state index >= 15 is 0 Å². The molecule has 8 nitrogen and oxygen atoms in total. The van der Waals surface area contributed by atoms with Crippen LogP contribution in [0.3, 0.4) is 0 Å². The molecule has 3 aromatic carbocycles. The average molecular weight is 425 g/mol. The highest BCUT2D eigenvalue weighted by Gasteiger charge is 2.07. The van der Waals surface area contributed by atoms with Crippen molar-refractivity contribution in [2.24, 2.45) is 0 Å². The Labute approximate surface area is 174 Å². The zero-order chi connectivity index (χ0) is 21.3. The van der Waals surface area contributed by atoms with Gasteiger partial charge in [-0.3, -0.25) is 5.32 Å². The first kappa shape index (κ1) is 20.9. The van der Waals surface area contributed by atoms with Gasteiger partial charge >= 0.3 is 12.1 Å². The van der Waals surface area contributed by atoms with Gasteiger partial charge in [0.15, 0.2) is 0 Å². The summed E-state index contributed by atoms with van der Waals surface area (Å²) in [7, 11) is -2.50. The van der Waals surface area contributed by atoms with Crippen molar-refractivity contribution in [3.05, 3.63) is 84.4 Å². The fourth-order valence-electron chi connectivity index (χ4n) is 2.55. The van der Waals surface area contributed by atoms with Gasteiger partial charge in [0.1, 0.15) is 16.5 Å². The second-order valence-corrected chi connectivity index (χ2v) is 7.16. The molecule has 3 amide bonds. The van der Waals surface area contributed by atoms with Crippen molar-refractivity contribution in [3.8, 4) is 5.75 Å². The number of carbonyl (C=O) groups excluding carboxylic acids is 2. The predicted molar refractivity (Wildman–Crippen MR) is 116 cm³/mol. The van der Waals surface area contributed by atoms with Crippen molar-refractivity contribution in [1.82, 2.24) is 0 Å². The number of hydrogen-bond acceptors (Lipinski definition) is 5. The van der Waals surface area contributed by atoms with E-state index < -0.39 is 22.8 Å². The topological polar surface area (TPSA) is 114 Å². The molecule has 9 heteroatoms. The molecule has 0 atom stereocenters. The van der Waals surface area contributed by atoms with Gasteiger partial charge in [0.05, 0.1) is 5.75 Å². The molecule has 3 aromatic rings. The van der Waals surface area contributed by atoms with Gasteiger partial charge in [-0.05, 0) is 48.0 Å². The number of amides is 3. The number of rotatable bonds is 6. The van der Waals surface area contributed by atoms with E-state index in [2.05, 4.69) is 16.0 Å². The van der Waals surface area contributed by atoms with Crippen molar-refractivity contribution in [1.29, 1.82) is 0 Å². The van der Waals surface area contributed by atoms with E-state index in [1.54, 1.807) is 72.8 Å². The smallest absolute Gasteiger partial charge is 0.410 e. The summed E-state index contributed by atoms with van der Waals surface area (Å²) >= 11 is 0. The van der Waals surface area contributed by atoms with Crippen LogP contribution in [0, 0.1) is 0 Å². The molecule has 0 saturated heterocycles. The third kappa shape index (κ3) is 6.64. The summed E-state index contributed by atoms with van der Waals surface area (Å²) in [6, 6.07) is 21.2. The minimum Gasteiger partial charge on any atom is -0.410 e. The second-order valence-electron chi connectivity index (χ2n) is 6.18. The molecule has 30 heavy (non-hydrogen) atoms. The first-order valence-corrected chi connectivity index (χ1v) is 10.3. The van der Waals surface area contributed by atoms with Gasteiger partial charge in [0.25, 0.3) is 0 Å². The highest BCUT2D eigenvalue weighted by atomic mass is 32.2. The predicted octanol–water partition coefficient (Wildman–Crippen LogP) is 4.05. The number of anilines is 3. The number of benzene rings is 3. The number of hydrogen-bond donors (Lipinski definition) is 4. The molecule has 0 fully saturated rings. The SMILES string of the molecule is O=C(Nc1ccc(C[SH](=O)=O)cc1)Nc1cccc(NC(=O)Oc2ccccc2)c1. The third-order valence-electron chi connectivity index (χ3n) is 3.84. The van der Waals surface area contributed by atoms with E-state index in [4.69, 9.17) is 4.74 Å². The Balaban J connectivity index is 1.55. The van der Waals surface area contributed by atoms with E-state index in [0.717, 1.165) is 0 Å². The Morgan fingerprint density at radius 3 is 2.03 bits per heavy atom. The Kier molecular flexibility index (Phi) is 7.01. The van der Waals surface area contributed by atoms with Gasteiger partial charge in [-0.1, -0.05) is 36.4 Å². The minimum absolute atomic E-state index is 0.0473. The average Bonchev–Trinajstić information content (AvgIpc) is 2.70. The van der Waals surface area contributed by atoms with Crippen LogP contribution in [-0.2, 0) is 16.5 Å². The number of carbonyl (C=O) groups is 2. The summed E-state index contributed by atoms with van der Waals surface area (Å²) in [6.07, 6.45) is -0.650. The van der Waals surface area contributed by atoms with Crippen molar-refractivity contribution < 1.29 is 22.7 Å². The number of ether oxygens (including phenoxy) is 1. The molecule has 154 valence electrons. The van der Waals surface area contributed by atoms with Crippen LogP contribution in [0.5, 0.6) is 5.75 Å². The molecule has 0 radical (unpaired) electrons. The summed E-state index contributed by atoms with van der Waals surface area (Å²) in [4.78, 5) is 24.2. The van der Waals surface area contributed by atoms with Crippen LogP contribution in [0.4, 0.5) is 26.7 Å². The molecule has 0 bridgehead atoms. The monoisotopic (exact) mass is 425 g/mol. The first-order valence-electron chi connectivity index (χ1n) is 8.90. The van der Waals surface area contributed by atoms with Gasteiger partial charge in [-0.15, -0.1) is 0 Å². The Morgan fingerprint density at radius 2 is 1.37 bits per heavy atom. The third-order valence-corrected chi connectivity index (χ3v) is 4.47. The van der Waals surface area contributed by atoms with E-state index in [1.807, 2.05) is 6.07 Å². The Bertz CT molecular complexity index is 1090. The summed E-state index contributed by atoms with van der Waals surface area (Å²) in [6.45, 7) is 0. The molecule has 3 rings (SSSR count). The lowest BCUT2D eigenvalue weighted by molar-refractivity contribution is 0.215. The van der Waals surface area contributed by atoms with Crippen molar-refractivity contribution in [2.75, 3.05) is 16.0 Å². The van der Waals surface area contributed by atoms with E-state index in [-0.39, 0.29) is 5.75 Å². The lowest BCUT2D eigenvalue weighted by Crippen LogP contribution is -2.20. The maximum Gasteiger partial charge on any atom is 0.417 e. The zero-order valence-electron chi connectivity index (χ0n) is 15.7. The summed E-state index contributed by atoms with van der Waals surface area (Å²) in [5.41, 5.74) is 2.06. The highest BCUT2D eigenvalue weighted by Crippen LogP contribution is 2.17. The normalized spacial score (nSPS) is 10.3. The summed E-state index contributed by atoms with van der Waals surface area (Å²) < 4.78 is 26.7. The van der Waals surface area contributed by atoms with Gasteiger partial charge < -0.3 is 15.4 Å². The van der Waals surface area contributed by atoms with E-state index in [0.29, 0.717) is 28.4 Å². The molecule has 0 unspecified atom stereocenters. The fourth-order valence-corrected chi connectivity index (χ4v) is 3.06. The summed E-state index contributed by atoms with van der Waals surface area (Å²) in [5, 5.41) is 7.91.